The fourth-order valence-electron chi connectivity index (χ4n) is 2.28. The highest BCUT2D eigenvalue weighted by Crippen LogP contribution is 2.32. The summed E-state index contributed by atoms with van der Waals surface area (Å²) in [4.78, 5) is 20.9. The maximum Gasteiger partial charge on any atom is 0.267 e. The van der Waals surface area contributed by atoms with Gasteiger partial charge in [0.05, 0.1) is 21.9 Å². The maximum absolute atomic E-state index is 13.4. The first-order valence-corrected chi connectivity index (χ1v) is 8.85. The molecule has 0 fully saturated rings. The summed E-state index contributed by atoms with van der Waals surface area (Å²) in [5.74, 6) is -2.04. The van der Waals surface area contributed by atoms with Crippen LogP contribution in [0.15, 0.2) is 48.1 Å². The van der Waals surface area contributed by atoms with E-state index in [4.69, 9.17) is 0 Å². The largest absolute Gasteiger partial charge is 0.321 e. The van der Waals surface area contributed by atoms with Gasteiger partial charge < -0.3 is 5.32 Å². The summed E-state index contributed by atoms with van der Waals surface area (Å²) < 4.78 is 27.4. The van der Waals surface area contributed by atoms with E-state index in [-0.39, 0.29) is 5.91 Å². The van der Waals surface area contributed by atoms with Crippen LogP contribution in [0.5, 0.6) is 0 Å². The Morgan fingerprint density at radius 1 is 1.08 bits per heavy atom. The third kappa shape index (κ3) is 3.13. The quantitative estimate of drug-likeness (QED) is 0.553. The van der Waals surface area contributed by atoms with Gasteiger partial charge in [-0.3, -0.25) is 9.78 Å². The predicted octanol–water partition coefficient (Wildman–Crippen LogP) is 4.95. The lowest BCUT2D eigenvalue weighted by atomic mass is 10.2. The van der Waals surface area contributed by atoms with Gasteiger partial charge in [0.25, 0.3) is 5.91 Å². The second-order valence-corrected chi connectivity index (χ2v) is 7.07. The molecule has 4 rings (SSSR count). The number of amides is 1. The third-order valence-corrected chi connectivity index (χ3v) is 5.33. The average Bonchev–Trinajstić information content (AvgIpc) is 3.26. The van der Waals surface area contributed by atoms with E-state index in [1.54, 1.807) is 17.6 Å². The Bertz CT molecular complexity index is 1080. The molecule has 0 saturated carbocycles. The van der Waals surface area contributed by atoms with E-state index in [0.29, 0.717) is 26.7 Å². The van der Waals surface area contributed by atoms with E-state index in [0.717, 1.165) is 16.8 Å². The van der Waals surface area contributed by atoms with Gasteiger partial charge in [-0.05, 0) is 36.4 Å². The minimum absolute atomic E-state index is 0.238. The molecule has 0 aliphatic rings. The van der Waals surface area contributed by atoms with E-state index in [1.807, 2.05) is 6.07 Å². The summed E-state index contributed by atoms with van der Waals surface area (Å²) >= 11 is 2.62. The van der Waals surface area contributed by atoms with Gasteiger partial charge in [0, 0.05) is 11.3 Å². The van der Waals surface area contributed by atoms with Crippen LogP contribution in [0, 0.1) is 11.6 Å². The zero-order chi connectivity index (χ0) is 17.4. The maximum atomic E-state index is 13.4. The molecule has 0 radical (unpaired) electrons. The van der Waals surface area contributed by atoms with Crippen molar-refractivity contribution in [1.82, 2.24) is 9.97 Å². The molecule has 1 amide bonds. The van der Waals surface area contributed by atoms with Gasteiger partial charge in [-0.1, -0.05) is 0 Å². The summed E-state index contributed by atoms with van der Waals surface area (Å²) in [6, 6.07) is 9.04. The molecule has 124 valence electrons. The van der Waals surface area contributed by atoms with Crippen molar-refractivity contribution in [1.29, 1.82) is 0 Å². The van der Waals surface area contributed by atoms with Crippen LogP contribution in [0.3, 0.4) is 0 Å². The number of anilines is 1. The number of halogens is 2. The summed E-state index contributed by atoms with van der Waals surface area (Å²) in [6.07, 6.45) is 1.50. The third-order valence-electron chi connectivity index (χ3n) is 3.47. The molecule has 0 aliphatic carbocycles. The first-order chi connectivity index (χ1) is 12.1. The number of nitrogens with zero attached hydrogens (tertiary/aromatic N) is 2. The molecule has 2 aromatic heterocycles. The van der Waals surface area contributed by atoms with Crippen LogP contribution in [0.1, 0.15) is 9.67 Å². The first-order valence-electron chi connectivity index (χ1n) is 7.16. The molecule has 2 aromatic carbocycles. The van der Waals surface area contributed by atoms with Crippen LogP contribution in [0.25, 0.3) is 20.8 Å². The summed E-state index contributed by atoms with van der Waals surface area (Å²) in [5.41, 5.74) is 3.38. The van der Waals surface area contributed by atoms with Crippen LogP contribution in [-0.4, -0.2) is 15.9 Å². The molecule has 1 N–H and O–H groups in total. The number of nitrogens with one attached hydrogen (secondary N) is 1. The number of aromatic nitrogens is 2. The Labute approximate surface area is 148 Å². The van der Waals surface area contributed by atoms with E-state index in [9.17, 15) is 13.6 Å². The summed E-state index contributed by atoms with van der Waals surface area (Å²) in [7, 11) is 0. The molecule has 0 bridgehead atoms. The number of benzene rings is 2. The van der Waals surface area contributed by atoms with Gasteiger partial charge in [-0.25, -0.2) is 13.8 Å². The Hall–Kier alpha value is -2.71. The smallest absolute Gasteiger partial charge is 0.267 e. The number of thiazole rings is 2. The number of carbonyl (C=O) groups is 1. The number of carbonyl (C=O) groups excluding carboxylic acids is 1. The van der Waals surface area contributed by atoms with Gasteiger partial charge in [-0.15, -0.1) is 22.7 Å². The van der Waals surface area contributed by atoms with E-state index in [2.05, 4.69) is 15.3 Å². The lowest BCUT2D eigenvalue weighted by molar-refractivity contribution is 0.103. The van der Waals surface area contributed by atoms with Gasteiger partial charge in [0.1, 0.15) is 9.88 Å². The molecule has 8 heteroatoms. The fourth-order valence-corrected chi connectivity index (χ4v) is 3.74. The molecule has 0 aliphatic heterocycles. The van der Waals surface area contributed by atoms with Crippen LogP contribution < -0.4 is 5.32 Å². The minimum Gasteiger partial charge on any atom is -0.321 e. The summed E-state index contributed by atoms with van der Waals surface area (Å²) in [5, 5.41) is 3.37. The van der Waals surface area contributed by atoms with Crippen molar-refractivity contribution in [2.24, 2.45) is 0 Å². The molecule has 0 atom stereocenters. The van der Waals surface area contributed by atoms with Crippen molar-refractivity contribution in [3.8, 4) is 10.6 Å². The lowest BCUT2D eigenvalue weighted by Gasteiger charge is -2.02. The highest BCUT2D eigenvalue weighted by atomic mass is 32.1. The highest BCUT2D eigenvalue weighted by molar-refractivity contribution is 7.21. The fraction of sp³-hybridized carbons (Fsp3) is 0. The zero-order valence-corrected chi connectivity index (χ0v) is 14.1. The molecule has 25 heavy (non-hydrogen) atoms. The van der Waals surface area contributed by atoms with Crippen molar-refractivity contribution < 1.29 is 13.6 Å². The van der Waals surface area contributed by atoms with Crippen LogP contribution in [0.4, 0.5) is 14.5 Å². The molecule has 2 heterocycles. The van der Waals surface area contributed by atoms with E-state index >= 15 is 0 Å². The topological polar surface area (TPSA) is 54.9 Å². The molecular formula is C17H9F2N3OS2. The highest BCUT2D eigenvalue weighted by Gasteiger charge is 2.12. The summed E-state index contributed by atoms with van der Waals surface area (Å²) in [6.45, 7) is 0. The monoisotopic (exact) mass is 373 g/mol. The van der Waals surface area contributed by atoms with Gasteiger partial charge in [0.2, 0.25) is 0 Å². The Kier molecular flexibility index (Phi) is 3.98. The molecule has 0 saturated heterocycles. The van der Waals surface area contributed by atoms with Crippen molar-refractivity contribution in [2.75, 3.05) is 5.32 Å². The van der Waals surface area contributed by atoms with Crippen molar-refractivity contribution in [2.45, 2.75) is 0 Å². The SMILES string of the molecule is O=C(Nc1ccc2sc(-c3ccc(F)c(F)c3)nc2c1)c1cncs1. The molecular weight excluding hydrogens is 364 g/mol. The van der Waals surface area contributed by atoms with Gasteiger partial charge >= 0.3 is 0 Å². The number of hydrogen-bond donors (Lipinski definition) is 1. The second kappa shape index (κ2) is 6.30. The first kappa shape index (κ1) is 15.8. The van der Waals surface area contributed by atoms with Crippen molar-refractivity contribution in [3.63, 3.8) is 0 Å². The molecule has 0 spiro atoms. The molecule has 4 nitrogen and oxygen atoms in total. The molecule has 0 unspecified atom stereocenters. The second-order valence-electron chi connectivity index (χ2n) is 5.15. The van der Waals surface area contributed by atoms with E-state index in [1.165, 1.54) is 34.9 Å². The van der Waals surface area contributed by atoms with Gasteiger partial charge in [0.15, 0.2) is 11.6 Å². The average molecular weight is 373 g/mol. The standard InChI is InChI=1S/C17H9F2N3OS2/c18-11-3-1-9(5-12(11)19)17-22-13-6-10(2-4-14(13)25-17)21-16(23)15-7-20-8-24-15/h1-8H,(H,21,23). The van der Waals surface area contributed by atoms with Crippen molar-refractivity contribution >= 4 is 44.5 Å². The predicted molar refractivity (Wildman–Crippen MR) is 95.0 cm³/mol. The van der Waals surface area contributed by atoms with Crippen molar-refractivity contribution in [3.05, 3.63) is 64.6 Å². The zero-order valence-electron chi connectivity index (χ0n) is 12.5. The Balaban J connectivity index is 1.65. The van der Waals surface area contributed by atoms with Gasteiger partial charge in [-0.2, -0.15) is 0 Å². The van der Waals surface area contributed by atoms with Crippen LogP contribution >= 0.6 is 22.7 Å². The van der Waals surface area contributed by atoms with Crippen LogP contribution in [0.2, 0.25) is 0 Å². The van der Waals surface area contributed by atoms with Crippen LogP contribution in [-0.2, 0) is 0 Å². The number of hydrogen-bond acceptors (Lipinski definition) is 5. The van der Waals surface area contributed by atoms with E-state index < -0.39 is 11.6 Å². The minimum atomic E-state index is -0.908. The lowest BCUT2D eigenvalue weighted by Crippen LogP contribution is -2.09. The molecule has 4 aromatic rings. The normalized spacial score (nSPS) is 11.0. The Morgan fingerprint density at radius 3 is 2.72 bits per heavy atom. The number of rotatable bonds is 3. The Morgan fingerprint density at radius 2 is 1.96 bits per heavy atom. The number of fused-ring (bicyclic) bond motifs is 1.